The largest absolute Gasteiger partial charge is 0.432 e. The van der Waals surface area contributed by atoms with Gasteiger partial charge in [0.25, 0.3) is 11.5 Å². The third-order valence-corrected chi connectivity index (χ3v) is 3.78. The number of carbonyl (C=O) groups is 1. The van der Waals surface area contributed by atoms with Crippen LogP contribution in [0.1, 0.15) is 16.1 Å². The SMILES string of the molecule is CN(C)C(=O)c1[nH]n(C)c(=O)c1C=C=C1Oc2ccccc2N1C. The number of hydrogen-bond donors (Lipinski definition) is 1. The summed E-state index contributed by atoms with van der Waals surface area (Å²) >= 11 is 0. The van der Waals surface area contributed by atoms with E-state index in [4.69, 9.17) is 4.74 Å². The number of nitrogens with zero attached hydrogens (tertiary/aromatic N) is 3. The van der Waals surface area contributed by atoms with Crippen LogP contribution in [0.5, 0.6) is 5.75 Å². The number of anilines is 1. The molecular weight excluding hydrogens is 308 g/mol. The highest BCUT2D eigenvalue weighted by molar-refractivity contribution is 5.95. The van der Waals surface area contributed by atoms with Gasteiger partial charge < -0.3 is 14.5 Å². The second-order valence-electron chi connectivity index (χ2n) is 5.69. The number of aryl methyl sites for hydroxylation is 1. The summed E-state index contributed by atoms with van der Waals surface area (Å²) in [6.07, 6.45) is 1.48. The first-order valence-electron chi connectivity index (χ1n) is 7.38. The molecule has 0 atom stereocenters. The molecule has 2 aromatic rings. The van der Waals surface area contributed by atoms with Crippen LogP contribution in [0, 0.1) is 0 Å². The number of carbonyl (C=O) groups excluding carboxylic acids is 1. The Morgan fingerprint density at radius 2 is 2.00 bits per heavy atom. The summed E-state index contributed by atoms with van der Waals surface area (Å²) in [6, 6.07) is 7.59. The van der Waals surface area contributed by atoms with E-state index in [1.165, 1.54) is 15.7 Å². The molecule has 1 aliphatic rings. The van der Waals surface area contributed by atoms with E-state index >= 15 is 0 Å². The molecule has 0 radical (unpaired) electrons. The summed E-state index contributed by atoms with van der Waals surface area (Å²) in [4.78, 5) is 27.7. The zero-order chi connectivity index (χ0) is 17.4. The molecule has 124 valence electrons. The Morgan fingerprint density at radius 3 is 2.67 bits per heavy atom. The molecule has 0 aliphatic carbocycles. The van der Waals surface area contributed by atoms with Crippen molar-refractivity contribution in [2.45, 2.75) is 0 Å². The quantitative estimate of drug-likeness (QED) is 0.847. The molecule has 1 amide bonds. The van der Waals surface area contributed by atoms with Crippen molar-refractivity contribution in [2.75, 3.05) is 26.0 Å². The van der Waals surface area contributed by atoms with E-state index in [0.717, 1.165) is 11.4 Å². The molecule has 0 bridgehead atoms. The third kappa shape index (κ3) is 2.51. The van der Waals surface area contributed by atoms with Gasteiger partial charge in [-0.1, -0.05) is 17.9 Å². The van der Waals surface area contributed by atoms with Gasteiger partial charge >= 0.3 is 0 Å². The van der Waals surface area contributed by atoms with Gasteiger partial charge in [0.15, 0.2) is 5.75 Å². The van der Waals surface area contributed by atoms with Crippen molar-refractivity contribution in [3.05, 3.63) is 57.5 Å². The summed E-state index contributed by atoms with van der Waals surface area (Å²) in [6.45, 7) is 0. The maximum atomic E-state index is 12.2. The normalized spacial score (nSPS) is 12.5. The molecule has 7 nitrogen and oxygen atoms in total. The van der Waals surface area contributed by atoms with Crippen molar-refractivity contribution in [3.63, 3.8) is 0 Å². The second-order valence-corrected chi connectivity index (χ2v) is 5.69. The number of hydrogen-bond acceptors (Lipinski definition) is 4. The molecule has 7 heteroatoms. The molecule has 3 rings (SSSR count). The molecule has 0 spiro atoms. The molecule has 0 saturated carbocycles. The van der Waals surface area contributed by atoms with Crippen molar-refractivity contribution < 1.29 is 9.53 Å². The summed E-state index contributed by atoms with van der Waals surface area (Å²) in [5, 5.41) is 2.78. The minimum Gasteiger partial charge on any atom is -0.432 e. The molecule has 2 heterocycles. The number of aromatic amines is 1. The van der Waals surface area contributed by atoms with Crippen molar-refractivity contribution in [3.8, 4) is 5.75 Å². The van der Waals surface area contributed by atoms with Crippen LogP contribution in [0.25, 0.3) is 6.08 Å². The zero-order valence-corrected chi connectivity index (χ0v) is 14.0. The van der Waals surface area contributed by atoms with E-state index in [-0.39, 0.29) is 22.7 Å². The van der Waals surface area contributed by atoms with Crippen molar-refractivity contribution >= 4 is 17.7 Å². The van der Waals surface area contributed by atoms with E-state index in [9.17, 15) is 9.59 Å². The summed E-state index contributed by atoms with van der Waals surface area (Å²) in [7, 11) is 6.67. The van der Waals surface area contributed by atoms with Gasteiger partial charge in [-0.25, -0.2) is 0 Å². The number of para-hydroxylation sites is 2. The first kappa shape index (κ1) is 15.7. The van der Waals surface area contributed by atoms with E-state index in [0.29, 0.717) is 5.88 Å². The lowest BCUT2D eigenvalue weighted by Gasteiger charge is -2.09. The number of aromatic nitrogens is 2. The van der Waals surface area contributed by atoms with Crippen LogP contribution >= 0.6 is 0 Å². The molecule has 0 fully saturated rings. The molecule has 1 aliphatic heterocycles. The van der Waals surface area contributed by atoms with Crippen LogP contribution in [0.15, 0.2) is 40.7 Å². The Kier molecular flexibility index (Phi) is 3.79. The Morgan fingerprint density at radius 1 is 1.29 bits per heavy atom. The monoisotopic (exact) mass is 326 g/mol. The number of rotatable bonds is 2. The molecule has 0 unspecified atom stereocenters. The van der Waals surface area contributed by atoms with Crippen LogP contribution in [0.4, 0.5) is 5.69 Å². The maximum Gasteiger partial charge on any atom is 0.274 e. The number of nitrogens with one attached hydrogen (secondary N) is 1. The van der Waals surface area contributed by atoms with Crippen LogP contribution in [0.2, 0.25) is 0 Å². The lowest BCUT2D eigenvalue weighted by Crippen LogP contribution is -2.23. The predicted molar refractivity (Wildman–Crippen MR) is 91.0 cm³/mol. The van der Waals surface area contributed by atoms with Gasteiger partial charge in [0.05, 0.1) is 11.3 Å². The molecule has 1 aromatic heterocycles. The number of H-pyrrole nitrogens is 1. The van der Waals surface area contributed by atoms with Crippen LogP contribution < -0.4 is 15.2 Å². The molecular formula is C17H18N4O3. The van der Waals surface area contributed by atoms with Crippen LogP contribution in [0.3, 0.4) is 0 Å². The topological polar surface area (TPSA) is 70.6 Å². The van der Waals surface area contributed by atoms with Gasteiger partial charge in [0.1, 0.15) is 5.69 Å². The molecule has 1 aromatic carbocycles. The lowest BCUT2D eigenvalue weighted by molar-refractivity contribution is 0.0821. The van der Waals surface area contributed by atoms with E-state index < -0.39 is 0 Å². The summed E-state index contributed by atoms with van der Waals surface area (Å²) < 4.78 is 6.99. The Labute approximate surface area is 139 Å². The van der Waals surface area contributed by atoms with Crippen molar-refractivity contribution in [2.24, 2.45) is 7.05 Å². The fourth-order valence-electron chi connectivity index (χ4n) is 2.45. The highest BCUT2D eigenvalue weighted by Gasteiger charge is 2.23. The highest BCUT2D eigenvalue weighted by atomic mass is 16.5. The molecule has 0 saturated heterocycles. The molecule has 1 N–H and O–H groups in total. The first-order valence-corrected chi connectivity index (χ1v) is 7.38. The number of benzene rings is 1. The minimum absolute atomic E-state index is 0.221. The van der Waals surface area contributed by atoms with Gasteiger partial charge in [0, 0.05) is 34.3 Å². The molecule has 24 heavy (non-hydrogen) atoms. The van der Waals surface area contributed by atoms with Crippen LogP contribution in [-0.4, -0.2) is 41.7 Å². The average molecular weight is 326 g/mol. The standard InChI is InChI=1S/C17H18N4O3/c1-19(2)17(23)15-11(16(22)21(4)18-15)9-10-14-20(3)12-7-5-6-8-13(12)24-14/h5-9,18H,1-4H3. The van der Waals surface area contributed by atoms with Gasteiger partial charge in [-0.3, -0.25) is 19.4 Å². The lowest BCUT2D eigenvalue weighted by atomic mass is 10.2. The first-order chi connectivity index (χ1) is 11.4. The second kappa shape index (κ2) is 5.79. The van der Waals surface area contributed by atoms with Gasteiger partial charge in [-0.15, -0.1) is 0 Å². The fourth-order valence-corrected chi connectivity index (χ4v) is 2.45. The average Bonchev–Trinajstić information content (AvgIpc) is 3.03. The third-order valence-electron chi connectivity index (χ3n) is 3.78. The Bertz CT molecular complexity index is 930. The summed E-state index contributed by atoms with van der Waals surface area (Å²) in [5.41, 5.74) is 4.06. The number of ether oxygens (including phenoxy) is 1. The van der Waals surface area contributed by atoms with E-state index in [2.05, 4.69) is 10.8 Å². The Hall–Kier alpha value is -3.18. The Balaban J connectivity index is 2.05. The van der Waals surface area contributed by atoms with Gasteiger partial charge in [-0.05, 0) is 12.1 Å². The van der Waals surface area contributed by atoms with E-state index in [1.807, 2.05) is 36.2 Å². The fraction of sp³-hybridized carbons (Fsp3) is 0.235. The summed E-state index contributed by atoms with van der Waals surface area (Å²) in [5.74, 6) is 0.903. The van der Waals surface area contributed by atoms with Gasteiger partial charge in [-0.2, -0.15) is 0 Å². The van der Waals surface area contributed by atoms with Crippen molar-refractivity contribution in [1.29, 1.82) is 0 Å². The minimum atomic E-state index is -0.300. The number of amides is 1. The van der Waals surface area contributed by atoms with Crippen LogP contribution in [-0.2, 0) is 7.05 Å². The van der Waals surface area contributed by atoms with Gasteiger partial charge in [0.2, 0.25) is 5.88 Å². The predicted octanol–water partition coefficient (Wildman–Crippen LogP) is 1.40. The highest BCUT2D eigenvalue weighted by Crippen LogP contribution is 2.36. The van der Waals surface area contributed by atoms with E-state index in [1.54, 1.807) is 21.1 Å². The maximum absolute atomic E-state index is 12.2. The van der Waals surface area contributed by atoms with Crippen molar-refractivity contribution in [1.82, 2.24) is 14.7 Å². The number of fused-ring (bicyclic) bond motifs is 1. The smallest absolute Gasteiger partial charge is 0.274 e. The zero-order valence-electron chi connectivity index (χ0n) is 14.0.